The highest BCUT2D eigenvalue weighted by atomic mass is 19.1. The van der Waals surface area contributed by atoms with Crippen LogP contribution in [0.25, 0.3) is 0 Å². The zero-order chi connectivity index (χ0) is 21.3. The van der Waals surface area contributed by atoms with Gasteiger partial charge in [0.2, 0.25) is 0 Å². The molecule has 0 aliphatic carbocycles. The molecule has 6 heteroatoms. The second-order valence-corrected chi connectivity index (χ2v) is 7.59. The first-order chi connectivity index (χ1) is 14.5. The van der Waals surface area contributed by atoms with Crippen LogP contribution >= 0.6 is 0 Å². The van der Waals surface area contributed by atoms with Crippen molar-refractivity contribution >= 4 is 11.6 Å². The average molecular weight is 408 g/mol. The molecule has 1 amide bonds. The van der Waals surface area contributed by atoms with Crippen molar-refractivity contribution in [1.29, 1.82) is 0 Å². The molecule has 0 saturated heterocycles. The van der Waals surface area contributed by atoms with Crippen LogP contribution in [-0.4, -0.2) is 31.5 Å². The van der Waals surface area contributed by atoms with E-state index in [2.05, 4.69) is 4.90 Å². The van der Waals surface area contributed by atoms with Crippen LogP contribution in [0.15, 0.2) is 52.9 Å². The number of methoxy groups -OCH3 is 1. The first-order valence-corrected chi connectivity index (χ1v) is 9.96. The number of hydrogen-bond donors (Lipinski definition) is 0. The molecule has 5 nitrogen and oxygen atoms in total. The van der Waals surface area contributed by atoms with Gasteiger partial charge in [0.15, 0.2) is 0 Å². The number of ether oxygens (including phenoxy) is 1. The quantitative estimate of drug-likeness (QED) is 0.620. The number of hydrogen-bond acceptors (Lipinski definition) is 4. The van der Waals surface area contributed by atoms with E-state index in [4.69, 9.17) is 9.15 Å². The highest BCUT2D eigenvalue weighted by molar-refractivity contribution is 6.07. The topological polar surface area (TPSA) is 45.9 Å². The Hall–Kier alpha value is -3.12. The van der Waals surface area contributed by atoms with Gasteiger partial charge in [-0.1, -0.05) is 12.1 Å². The molecule has 0 fully saturated rings. The number of carbonyl (C=O) groups is 1. The lowest BCUT2D eigenvalue weighted by atomic mass is 10.0. The van der Waals surface area contributed by atoms with Crippen molar-refractivity contribution in [2.75, 3.05) is 25.6 Å². The lowest BCUT2D eigenvalue weighted by molar-refractivity contribution is 0.0989. The van der Waals surface area contributed by atoms with Crippen molar-refractivity contribution in [1.82, 2.24) is 4.90 Å². The van der Waals surface area contributed by atoms with E-state index in [9.17, 15) is 9.18 Å². The van der Waals surface area contributed by atoms with Gasteiger partial charge in [-0.2, -0.15) is 0 Å². The molecular weight excluding hydrogens is 383 g/mol. The van der Waals surface area contributed by atoms with Crippen LogP contribution in [-0.2, 0) is 19.5 Å². The predicted molar refractivity (Wildman–Crippen MR) is 113 cm³/mol. The highest BCUT2D eigenvalue weighted by Gasteiger charge is 2.30. The van der Waals surface area contributed by atoms with E-state index in [0.717, 1.165) is 41.3 Å². The molecule has 0 N–H and O–H groups in total. The summed E-state index contributed by atoms with van der Waals surface area (Å²) in [5, 5.41) is 0. The Bertz CT molecular complexity index is 1060. The van der Waals surface area contributed by atoms with Crippen molar-refractivity contribution in [2.45, 2.75) is 26.4 Å². The zero-order valence-corrected chi connectivity index (χ0v) is 17.4. The van der Waals surface area contributed by atoms with E-state index in [1.54, 1.807) is 31.2 Å². The average Bonchev–Trinajstić information content (AvgIpc) is 3.08. The molecule has 2 heterocycles. The maximum Gasteiger partial charge on any atom is 0.261 e. The van der Waals surface area contributed by atoms with Crippen molar-refractivity contribution in [3.05, 3.63) is 82.6 Å². The van der Waals surface area contributed by atoms with Crippen LogP contribution in [0, 0.1) is 12.7 Å². The Morgan fingerprint density at radius 1 is 1.23 bits per heavy atom. The molecule has 1 aliphatic heterocycles. The summed E-state index contributed by atoms with van der Waals surface area (Å²) < 4.78 is 24.7. The lowest BCUT2D eigenvalue weighted by Gasteiger charge is -2.27. The Morgan fingerprint density at radius 2 is 2.00 bits per heavy atom. The van der Waals surface area contributed by atoms with Gasteiger partial charge >= 0.3 is 0 Å². The Balaban J connectivity index is 1.57. The summed E-state index contributed by atoms with van der Waals surface area (Å²) in [6.45, 7) is 3.87. The molecule has 3 aromatic rings. The van der Waals surface area contributed by atoms with E-state index in [0.29, 0.717) is 24.4 Å². The molecule has 4 rings (SSSR count). The third-order valence-electron chi connectivity index (χ3n) is 5.58. The fourth-order valence-electron chi connectivity index (χ4n) is 3.98. The summed E-state index contributed by atoms with van der Waals surface area (Å²) in [5.74, 6) is 1.91. The van der Waals surface area contributed by atoms with E-state index < -0.39 is 0 Å². The Morgan fingerprint density at radius 3 is 2.70 bits per heavy atom. The van der Waals surface area contributed by atoms with Crippen molar-refractivity contribution in [3.8, 4) is 5.75 Å². The molecule has 2 aromatic carbocycles. The fourth-order valence-corrected chi connectivity index (χ4v) is 3.98. The fraction of sp³-hybridized carbons (Fsp3) is 0.292. The number of anilines is 1. The van der Waals surface area contributed by atoms with Crippen molar-refractivity contribution < 1.29 is 18.3 Å². The number of benzene rings is 2. The molecule has 0 radical (unpaired) electrons. The van der Waals surface area contributed by atoms with Gasteiger partial charge in [0.05, 0.1) is 12.7 Å². The molecule has 0 bridgehead atoms. The number of carbonyl (C=O) groups excluding carboxylic acids is 1. The Labute approximate surface area is 175 Å². The van der Waals surface area contributed by atoms with Crippen LogP contribution < -0.4 is 9.64 Å². The minimum Gasteiger partial charge on any atom is -0.497 e. The van der Waals surface area contributed by atoms with Gasteiger partial charge in [-0.25, -0.2) is 4.39 Å². The molecule has 156 valence electrons. The summed E-state index contributed by atoms with van der Waals surface area (Å²) in [4.78, 5) is 17.2. The molecule has 0 saturated carbocycles. The van der Waals surface area contributed by atoms with E-state index in [1.807, 2.05) is 37.3 Å². The predicted octanol–water partition coefficient (Wildman–Crippen LogP) is 4.57. The normalized spacial score (nSPS) is 13.7. The second kappa shape index (κ2) is 8.32. The minimum absolute atomic E-state index is 0.102. The number of fused-ring (bicyclic) bond motifs is 1. The van der Waals surface area contributed by atoms with Crippen LogP contribution in [0.4, 0.5) is 10.1 Å². The smallest absolute Gasteiger partial charge is 0.261 e. The Kier molecular flexibility index (Phi) is 5.59. The third-order valence-corrected chi connectivity index (χ3v) is 5.58. The molecule has 0 unspecified atom stereocenters. The minimum atomic E-state index is -0.235. The van der Waals surface area contributed by atoms with Gasteiger partial charge in [0.25, 0.3) is 5.91 Å². The summed E-state index contributed by atoms with van der Waals surface area (Å²) in [7, 11) is 3.37. The van der Waals surface area contributed by atoms with Gasteiger partial charge in [-0.15, -0.1) is 0 Å². The van der Waals surface area contributed by atoms with Crippen LogP contribution in [0.3, 0.4) is 0 Å². The van der Waals surface area contributed by atoms with Gasteiger partial charge in [0.1, 0.15) is 23.1 Å². The summed E-state index contributed by atoms with van der Waals surface area (Å²) in [6, 6.07) is 14.0. The summed E-state index contributed by atoms with van der Waals surface area (Å²) in [6.07, 6.45) is 0.727. The number of aryl methyl sites for hydroxylation is 1. The first-order valence-electron chi connectivity index (χ1n) is 9.96. The van der Waals surface area contributed by atoms with E-state index in [-0.39, 0.29) is 11.7 Å². The molecule has 30 heavy (non-hydrogen) atoms. The standard InChI is InChI=1S/C24H25FN2O3/c1-16-23(24(28)26(2)19-7-9-20(29-3)10-8-19)21-15-27(12-11-22(21)30-16)14-17-5-4-6-18(25)13-17/h4-10,13H,11-12,14-15H2,1-3H3. The summed E-state index contributed by atoms with van der Waals surface area (Å²) >= 11 is 0. The second-order valence-electron chi connectivity index (χ2n) is 7.59. The maximum atomic E-state index is 13.5. The van der Waals surface area contributed by atoms with Crippen LogP contribution in [0.1, 0.15) is 33.0 Å². The summed E-state index contributed by atoms with van der Waals surface area (Å²) in [5.41, 5.74) is 3.25. The van der Waals surface area contributed by atoms with E-state index in [1.165, 1.54) is 6.07 Å². The van der Waals surface area contributed by atoms with Gasteiger partial charge in [-0.05, 0) is 48.9 Å². The van der Waals surface area contributed by atoms with Crippen molar-refractivity contribution in [2.24, 2.45) is 0 Å². The SMILES string of the molecule is COc1ccc(N(C)C(=O)c2c(C)oc3c2CN(Cc2cccc(F)c2)CC3)cc1. The van der Waals surface area contributed by atoms with E-state index >= 15 is 0 Å². The number of amides is 1. The maximum absolute atomic E-state index is 13.5. The van der Waals surface area contributed by atoms with Gasteiger partial charge in [-0.3, -0.25) is 9.69 Å². The molecule has 0 spiro atoms. The van der Waals surface area contributed by atoms with Crippen LogP contribution in [0.2, 0.25) is 0 Å². The van der Waals surface area contributed by atoms with Crippen molar-refractivity contribution in [3.63, 3.8) is 0 Å². The first kappa shape index (κ1) is 20.2. The molecule has 1 aliphatic rings. The number of nitrogens with zero attached hydrogens (tertiary/aromatic N) is 2. The molecular formula is C24H25FN2O3. The number of halogens is 1. The largest absolute Gasteiger partial charge is 0.497 e. The highest BCUT2D eigenvalue weighted by Crippen LogP contribution is 2.31. The van der Waals surface area contributed by atoms with Gasteiger partial charge < -0.3 is 14.1 Å². The van der Waals surface area contributed by atoms with Gasteiger partial charge in [0, 0.05) is 44.4 Å². The number of rotatable bonds is 5. The van der Waals surface area contributed by atoms with Crippen LogP contribution in [0.5, 0.6) is 5.75 Å². The molecule has 0 atom stereocenters. The zero-order valence-electron chi connectivity index (χ0n) is 17.4. The number of furan rings is 1. The lowest BCUT2D eigenvalue weighted by Crippen LogP contribution is -2.32. The molecule has 1 aromatic heterocycles. The monoisotopic (exact) mass is 408 g/mol. The third kappa shape index (κ3) is 3.96.